The minimum absolute atomic E-state index is 0.00524. The van der Waals surface area contributed by atoms with Gasteiger partial charge in [-0.3, -0.25) is 4.79 Å². The number of anilines is 1. The molecule has 0 bridgehead atoms. The Kier molecular flexibility index (Phi) is 4.02. The molecule has 0 spiro atoms. The Balaban J connectivity index is 2.74. The van der Waals surface area contributed by atoms with Gasteiger partial charge in [-0.2, -0.15) is 0 Å². The van der Waals surface area contributed by atoms with E-state index in [1.165, 1.54) is 34.3 Å². The Hall–Kier alpha value is -2.70. The highest BCUT2D eigenvalue weighted by Crippen LogP contribution is 2.42. The molecular formula is C14H15NO6. The maximum Gasteiger partial charge on any atom is 0.373 e. The SMILES string of the molecule is COC(=O)c1cc2c(NC(C)=O)cc(OC)c(OC)c2o1. The molecule has 0 radical (unpaired) electrons. The molecule has 0 aliphatic carbocycles. The Morgan fingerprint density at radius 3 is 2.38 bits per heavy atom. The highest BCUT2D eigenvalue weighted by atomic mass is 16.5. The van der Waals surface area contributed by atoms with E-state index in [1.807, 2.05) is 0 Å². The van der Waals surface area contributed by atoms with Gasteiger partial charge in [-0.05, 0) is 0 Å². The minimum atomic E-state index is -0.624. The van der Waals surface area contributed by atoms with Crippen LogP contribution in [0.3, 0.4) is 0 Å². The maximum atomic E-state index is 11.6. The fourth-order valence-electron chi connectivity index (χ4n) is 1.99. The zero-order valence-corrected chi connectivity index (χ0v) is 12.1. The summed E-state index contributed by atoms with van der Waals surface area (Å²) < 4.78 is 20.6. The summed E-state index contributed by atoms with van der Waals surface area (Å²) in [4.78, 5) is 22.9. The van der Waals surface area contributed by atoms with E-state index in [9.17, 15) is 9.59 Å². The van der Waals surface area contributed by atoms with E-state index >= 15 is 0 Å². The molecule has 0 aliphatic rings. The predicted octanol–water partition coefficient (Wildman–Crippen LogP) is 2.20. The molecule has 0 unspecified atom stereocenters. The molecule has 0 aliphatic heterocycles. The number of carbonyl (C=O) groups excluding carboxylic acids is 2. The van der Waals surface area contributed by atoms with Crippen LogP contribution < -0.4 is 14.8 Å². The third kappa shape index (κ3) is 2.62. The smallest absolute Gasteiger partial charge is 0.373 e. The van der Waals surface area contributed by atoms with E-state index in [0.29, 0.717) is 28.2 Å². The molecule has 1 N–H and O–H groups in total. The number of hydrogen-bond acceptors (Lipinski definition) is 6. The maximum absolute atomic E-state index is 11.6. The second-order valence-corrected chi connectivity index (χ2v) is 4.19. The normalized spacial score (nSPS) is 10.3. The van der Waals surface area contributed by atoms with Crippen LogP contribution in [0.5, 0.6) is 11.5 Å². The quantitative estimate of drug-likeness (QED) is 0.869. The molecule has 7 heteroatoms. The lowest BCUT2D eigenvalue weighted by Gasteiger charge is -2.11. The van der Waals surface area contributed by atoms with E-state index in [0.717, 1.165) is 0 Å². The molecule has 112 valence electrons. The Morgan fingerprint density at radius 2 is 1.86 bits per heavy atom. The van der Waals surface area contributed by atoms with Gasteiger partial charge in [-0.25, -0.2) is 4.79 Å². The highest BCUT2D eigenvalue weighted by molar-refractivity contribution is 6.05. The third-order valence-corrected chi connectivity index (χ3v) is 2.85. The molecule has 1 aromatic heterocycles. The van der Waals surface area contributed by atoms with Gasteiger partial charge in [0.25, 0.3) is 0 Å². The lowest BCUT2D eigenvalue weighted by molar-refractivity contribution is -0.114. The van der Waals surface area contributed by atoms with Gasteiger partial charge in [-0.1, -0.05) is 0 Å². The number of benzene rings is 1. The molecule has 0 fully saturated rings. The second kappa shape index (κ2) is 5.74. The van der Waals surface area contributed by atoms with Crippen molar-refractivity contribution in [1.29, 1.82) is 0 Å². The number of methoxy groups -OCH3 is 3. The largest absolute Gasteiger partial charge is 0.493 e. The first kappa shape index (κ1) is 14.7. The van der Waals surface area contributed by atoms with Crippen molar-refractivity contribution in [1.82, 2.24) is 0 Å². The molecule has 1 heterocycles. The monoisotopic (exact) mass is 293 g/mol. The van der Waals surface area contributed by atoms with Gasteiger partial charge < -0.3 is 23.9 Å². The summed E-state index contributed by atoms with van der Waals surface area (Å²) >= 11 is 0. The summed E-state index contributed by atoms with van der Waals surface area (Å²) in [5, 5.41) is 3.17. The lowest BCUT2D eigenvalue weighted by atomic mass is 10.2. The first-order chi connectivity index (χ1) is 10.0. The summed E-state index contributed by atoms with van der Waals surface area (Å²) in [6.45, 7) is 1.38. The van der Waals surface area contributed by atoms with E-state index < -0.39 is 5.97 Å². The van der Waals surface area contributed by atoms with Crippen LogP contribution >= 0.6 is 0 Å². The van der Waals surface area contributed by atoms with Crippen molar-refractivity contribution in [3.8, 4) is 11.5 Å². The summed E-state index contributed by atoms with van der Waals surface area (Å²) in [6.07, 6.45) is 0. The fraction of sp³-hybridized carbons (Fsp3) is 0.286. The topological polar surface area (TPSA) is 87.0 Å². The third-order valence-electron chi connectivity index (χ3n) is 2.85. The Morgan fingerprint density at radius 1 is 1.14 bits per heavy atom. The molecule has 7 nitrogen and oxygen atoms in total. The summed E-state index contributed by atoms with van der Waals surface area (Å²) in [6, 6.07) is 3.08. The van der Waals surface area contributed by atoms with Crippen molar-refractivity contribution in [3.63, 3.8) is 0 Å². The molecule has 2 aromatic rings. The number of hydrogen-bond donors (Lipinski definition) is 1. The van der Waals surface area contributed by atoms with Crippen LogP contribution in [0.25, 0.3) is 11.0 Å². The molecule has 1 aromatic carbocycles. The van der Waals surface area contributed by atoms with Crippen LogP contribution in [0.1, 0.15) is 17.5 Å². The van der Waals surface area contributed by atoms with Gasteiger partial charge in [0.15, 0.2) is 11.3 Å². The number of amides is 1. The van der Waals surface area contributed by atoms with Crippen molar-refractivity contribution < 1.29 is 28.2 Å². The number of nitrogens with one attached hydrogen (secondary N) is 1. The Bertz CT molecular complexity index is 703. The predicted molar refractivity (Wildman–Crippen MR) is 75.0 cm³/mol. The van der Waals surface area contributed by atoms with E-state index in [-0.39, 0.29) is 11.7 Å². The van der Waals surface area contributed by atoms with Gasteiger partial charge in [0, 0.05) is 24.4 Å². The average Bonchev–Trinajstić information content (AvgIpc) is 2.90. The van der Waals surface area contributed by atoms with Crippen LogP contribution in [0.15, 0.2) is 16.5 Å². The molecule has 21 heavy (non-hydrogen) atoms. The second-order valence-electron chi connectivity index (χ2n) is 4.19. The van der Waals surface area contributed by atoms with Crippen molar-refractivity contribution in [2.75, 3.05) is 26.6 Å². The van der Waals surface area contributed by atoms with Gasteiger partial charge in [0.2, 0.25) is 17.4 Å². The number of fused-ring (bicyclic) bond motifs is 1. The van der Waals surface area contributed by atoms with Crippen LogP contribution in [0.2, 0.25) is 0 Å². The van der Waals surface area contributed by atoms with Gasteiger partial charge in [0.1, 0.15) is 0 Å². The van der Waals surface area contributed by atoms with Crippen molar-refractivity contribution in [2.45, 2.75) is 6.92 Å². The summed E-state index contributed by atoms with van der Waals surface area (Å²) in [7, 11) is 4.17. The molecule has 1 amide bonds. The number of furan rings is 1. The van der Waals surface area contributed by atoms with Crippen molar-refractivity contribution in [2.24, 2.45) is 0 Å². The summed E-state index contributed by atoms with van der Waals surface area (Å²) in [5.74, 6) is -0.174. The van der Waals surface area contributed by atoms with Crippen molar-refractivity contribution >= 4 is 28.5 Å². The minimum Gasteiger partial charge on any atom is -0.493 e. The molecule has 0 saturated carbocycles. The van der Waals surface area contributed by atoms with Gasteiger partial charge in [-0.15, -0.1) is 0 Å². The van der Waals surface area contributed by atoms with Gasteiger partial charge in [0.05, 0.1) is 27.0 Å². The van der Waals surface area contributed by atoms with Crippen molar-refractivity contribution in [3.05, 3.63) is 17.9 Å². The first-order valence-electron chi connectivity index (χ1n) is 6.06. The van der Waals surface area contributed by atoms with E-state index in [4.69, 9.17) is 13.9 Å². The van der Waals surface area contributed by atoms with Crippen LogP contribution in [-0.4, -0.2) is 33.2 Å². The molecule has 0 saturated heterocycles. The summed E-state index contributed by atoms with van der Waals surface area (Å²) in [5.41, 5.74) is 0.745. The van der Waals surface area contributed by atoms with E-state index in [2.05, 4.69) is 10.1 Å². The molecular weight excluding hydrogens is 278 g/mol. The zero-order chi connectivity index (χ0) is 15.6. The number of esters is 1. The van der Waals surface area contributed by atoms with Crippen LogP contribution in [-0.2, 0) is 9.53 Å². The Labute approximate surface area is 120 Å². The van der Waals surface area contributed by atoms with E-state index in [1.54, 1.807) is 6.07 Å². The number of rotatable bonds is 4. The number of ether oxygens (including phenoxy) is 3. The standard InChI is InChI=1S/C14H15NO6/c1-7(16)15-9-6-10(18-2)13(19-3)12-8(9)5-11(21-12)14(17)20-4/h5-6H,1-4H3,(H,15,16). The van der Waals surface area contributed by atoms with Gasteiger partial charge >= 0.3 is 5.97 Å². The van der Waals surface area contributed by atoms with Crippen LogP contribution in [0.4, 0.5) is 5.69 Å². The zero-order valence-electron chi connectivity index (χ0n) is 12.1. The first-order valence-corrected chi connectivity index (χ1v) is 6.06. The average molecular weight is 293 g/mol. The molecule has 0 atom stereocenters. The molecule has 2 rings (SSSR count). The van der Waals surface area contributed by atoms with Crippen LogP contribution in [0, 0.1) is 0 Å². The highest BCUT2D eigenvalue weighted by Gasteiger charge is 2.22. The fourth-order valence-corrected chi connectivity index (χ4v) is 1.99. The number of carbonyl (C=O) groups is 2. The lowest BCUT2D eigenvalue weighted by Crippen LogP contribution is -2.06.